The minimum Gasteiger partial charge on any atom is -0.393 e. The van der Waals surface area contributed by atoms with Crippen molar-refractivity contribution in [2.45, 2.75) is 31.4 Å². The lowest BCUT2D eigenvalue weighted by atomic mass is 9.98. The van der Waals surface area contributed by atoms with Crippen LogP contribution in [0.3, 0.4) is 0 Å². The molecule has 0 bridgehead atoms. The van der Waals surface area contributed by atoms with Gasteiger partial charge < -0.3 is 14.7 Å². The first-order chi connectivity index (χ1) is 6.27. The molecule has 3 nitrogen and oxygen atoms in total. The van der Waals surface area contributed by atoms with E-state index < -0.39 is 0 Å². The van der Waals surface area contributed by atoms with Gasteiger partial charge in [0.2, 0.25) is 0 Å². The van der Waals surface area contributed by atoms with Crippen LogP contribution in [0.15, 0.2) is 0 Å². The summed E-state index contributed by atoms with van der Waals surface area (Å²) in [6.45, 7) is 2.45. The van der Waals surface area contributed by atoms with Crippen LogP contribution in [0.2, 0.25) is 0 Å². The molecular formula is C10H19NO2. The molecule has 2 rings (SSSR count). The quantitative estimate of drug-likeness (QED) is 0.694. The van der Waals surface area contributed by atoms with Crippen LogP contribution >= 0.6 is 0 Å². The van der Waals surface area contributed by atoms with E-state index in [1.807, 2.05) is 0 Å². The summed E-state index contributed by atoms with van der Waals surface area (Å²) in [7, 11) is 2.15. The molecule has 2 fully saturated rings. The number of aliphatic hydroxyl groups excluding tert-OH is 1. The predicted octanol–water partition coefficient (Wildman–Crippen LogP) is 0.478. The Hall–Kier alpha value is -0.120. The highest BCUT2D eigenvalue weighted by atomic mass is 16.5. The Bertz CT molecular complexity index is 170. The van der Waals surface area contributed by atoms with Crippen LogP contribution in [0.25, 0.3) is 0 Å². The average Bonchev–Trinajstić information content (AvgIpc) is 2.91. The summed E-state index contributed by atoms with van der Waals surface area (Å²) in [6, 6.07) is 0.786. The van der Waals surface area contributed by atoms with Gasteiger partial charge in [0.05, 0.1) is 12.7 Å². The third-order valence-electron chi connectivity index (χ3n) is 3.13. The minimum absolute atomic E-state index is 0.144. The molecule has 0 aromatic carbocycles. The lowest BCUT2D eigenvalue weighted by molar-refractivity contribution is -0.0450. The largest absolute Gasteiger partial charge is 0.393 e. The van der Waals surface area contributed by atoms with Crippen molar-refractivity contribution in [1.82, 2.24) is 4.90 Å². The van der Waals surface area contributed by atoms with Crippen molar-refractivity contribution in [2.75, 3.05) is 26.8 Å². The summed E-state index contributed by atoms with van der Waals surface area (Å²) in [6.07, 6.45) is 3.33. The molecule has 1 heterocycles. The van der Waals surface area contributed by atoms with E-state index >= 15 is 0 Å². The van der Waals surface area contributed by atoms with E-state index in [-0.39, 0.29) is 6.10 Å². The molecule has 13 heavy (non-hydrogen) atoms. The molecule has 3 heteroatoms. The maximum absolute atomic E-state index is 9.71. The lowest BCUT2D eigenvalue weighted by Gasteiger charge is -2.31. The second kappa shape index (κ2) is 3.95. The van der Waals surface area contributed by atoms with Crippen molar-refractivity contribution in [1.29, 1.82) is 0 Å². The normalized spacial score (nSPS) is 35.3. The summed E-state index contributed by atoms with van der Waals surface area (Å²) in [4.78, 5) is 2.36. The number of nitrogens with zero attached hydrogens (tertiary/aromatic N) is 1. The van der Waals surface area contributed by atoms with E-state index in [9.17, 15) is 5.11 Å². The molecule has 1 aliphatic carbocycles. The molecule has 2 atom stereocenters. The van der Waals surface area contributed by atoms with Gasteiger partial charge in [0.1, 0.15) is 0 Å². The number of hydrogen-bond acceptors (Lipinski definition) is 3. The van der Waals surface area contributed by atoms with Gasteiger partial charge in [-0.3, -0.25) is 0 Å². The molecule has 1 N–H and O–H groups in total. The minimum atomic E-state index is -0.144. The van der Waals surface area contributed by atoms with Crippen molar-refractivity contribution in [3.63, 3.8) is 0 Å². The second-order valence-electron chi connectivity index (χ2n) is 4.36. The van der Waals surface area contributed by atoms with E-state index in [0.717, 1.165) is 32.2 Å². The smallest absolute Gasteiger partial charge is 0.0624 e. The highest BCUT2D eigenvalue weighted by Gasteiger charge is 2.31. The Labute approximate surface area is 79.7 Å². The van der Waals surface area contributed by atoms with Crippen LogP contribution in [0.4, 0.5) is 0 Å². The first-order valence-electron chi connectivity index (χ1n) is 5.23. The Balaban J connectivity index is 1.77. The highest BCUT2D eigenvalue weighted by molar-refractivity contribution is 4.85. The maximum atomic E-state index is 9.71. The number of hydrogen-bond donors (Lipinski definition) is 1. The molecule has 1 aliphatic heterocycles. The lowest BCUT2D eigenvalue weighted by Crippen LogP contribution is -2.40. The fourth-order valence-electron chi connectivity index (χ4n) is 1.99. The van der Waals surface area contributed by atoms with Crippen LogP contribution in [0.1, 0.15) is 19.3 Å². The molecule has 1 saturated carbocycles. The van der Waals surface area contributed by atoms with Crippen LogP contribution in [-0.4, -0.2) is 49.0 Å². The van der Waals surface area contributed by atoms with Crippen molar-refractivity contribution < 1.29 is 9.84 Å². The fourth-order valence-corrected chi connectivity index (χ4v) is 1.99. The third kappa shape index (κ3) is 2.42. The van der Waals surface area contributed by atoms with Crippen molar-refractivity contribution >= 4 is 0 Å². The van der Waals surface area contributed by atoms with E-state index in [4.69, 9.17) is 4.74 Å². The van der Waals surface area contributed by atoms with Gasteiger partial charge in [0.15, 0.2) is 0 Å². The Morgan fingerprint density at radius 1 is 1.38 bits per heavy atom. The molecule has 2 unspecified atom stereocenters. The van der Waals surface area contributed by atoms with Gasteiger partial charge in [-0.1, -0.05) is 0 Å². The zero-order valence-electron chi connectivity index (χ0n) is 8.28. The van der Waals surface area contributed by atoms with Crippen molar-refractivity contribution in [3.05, 3.63) is 0 Å². The van der Waals surface area contributed by atoms with Gasteiger partial charge in [-0.15, -0.1) is 0 Å². The second-order valence-corrected chi connectivity index (χ2v) is 4.36. The fraction of sp³-hybridized carbons (Fsp3) is 1.00. The first-order valence-corrected chi connectivity index (χ1v) is 5.23. The molecule has 0 aromatic rings. The van der Waals surface area contributed by atoms with E-state index in [0.29, 0.717) is 5.92 Å². The molecular weight excluding hydrogens is 166 g/mol. The third-order valence-corrected chi connectivity index (χ3v) is 3.13. The molecule has 1 saturated heterocycles. The van der Waals surface area contributed by atoms with Crippen LogP contribution in [-0.2, 0) is 4.74 Å². The number of ether oxygens (including phenoxy) is 1. The molecule has 2 aliphatic rings. The van der Waals surface area contributed by atoms with Gasteiger partial charge in [-0.25, -0.2) is 0 Å². The zero-order valence-corrected chi connectivity index (χ0v) is 8.28. The average molecular weight is 185 g/mol. The highest BCUT2D eigenvalue weighted by Crippen LogP contribution is 2.27. The molecule has 0 aromatic heterocycles. The van der Waals surface area contributed by atoms with Crippen LogP contribution in [0.5, 0.6) is 0 Å². The summed E-state index contributed by atoms with van der Waals surface area (Å²) >= 11 is 0. The molecule has 0 amide bonds. The SMILES string of the molecule is CN(CC1COCCC1O)C1CC1. The Morgan fingerprint density at radius 3 is 2.77 bits per heavy atom. The van der Waals surface area contributed by atoms with Gasteiger partial charge >= 0.3 is 0 Å². The van der Waals surface area contributed by atoms with Crippen molar-refractivity contribution in [2.24, 2.45) is 5.92 Å². The van der Waals surface area contributed by atoms with E-state index in [1.54, 1.807) is 0 Å². The van der Waals surface area contributed by atoms with E-state index in [2.05, 4.69) is 11.9 Å². The predicted molar refractivity (Wildman–Crippen MR) is 50.6 cm³/mol. The van der Waals surface area contributed by atoms with E-state index in [1.165, 1.54) is 12.8 Å². The maximum Gasteiger partial charge on any atom is 0.0624 e. The Kier molecular flexibility index (Phi) is 2.86. The van der Waals surface area contributed by atoms with Crippen molar-refractivity contribution in [3.8, 4) is 0 Å². The number of aliphatic hydroxyl groups is 1. The van der Waals surface area contributed by atoms with Gasteiger partial charge in [-0.2, -0.15) is 0 Å². The molecule has 0 spiro atoms. The summed E-state index contributed by atoms with van der Waals surface area (Å²) in [5.74, 6) is 0.333. The summed E-state index contributed by atoms with van der Waals surface area (Å²) in [5, 5.41) is 9.71. The standard InChI is InChI=1S/C10H19NO2/c1-11(9-2-3-9)6-8-7-13-5-4-10(8)12/h8-10,12H,2-7H2,1H3. The summed E-state index contributed by atoms with van der Waals surface area (Å²) < 4.78 is 5.37. The topological polar surface area (TPSA) is 32.7 Å². The molecule has 0 radical (unpaired) electrons. The monoisotopic (exact) mass is 185 g/mol. The van der Waals surface area contributed by atoms with Crippen LogP contribution in [0, 0.1) is 5.92 Å². The Morgan fingerprint density at radius 2 is 2.15 bits per heavy atom. The summed E-state index contributed by atoms with van der Waals surface area (Å²) in [5.41, 5.74) is 0. The van der Waals surface area contributed by atoms with Gasteiger partial charge in [0, 0.05) is 25.1 Å². The van der Waals surface area contributed by atoms with Crippen LogP contribution < -0.4 is 0 Å². The van der Waals surface area contributed by atoms with Gasteiger partial charge in [0.25, 0.3) is 0 Å². The zero-order chi connectivity index (χ0) is 9.26. The van der Waals surface area contributed by atoms with Gasteiger partial charge in [-0.05, 0) is 26.3 Å². The first kappa shape index (κ1) is 9.44. The molecule has 76 valence electrons. The number of rotatable bonds is 3.